The third-order valence-corrected chi connectivity index (χ3v) is 27.8. The number of rotatable bonds is 34. The molecule has 680 valence electrons. The number of ether oxygens (including phenoxy) is 1. The molecule has 13 rings (SSSR count). The molecular formula is C101H129Cl3N12O10S. The van der Waals surface area contributed by atoms with Crippen LogP contribution in [-0.4, -0.2) is 209 Å². The Labute approximate surface area is 765 Å². The molecule has 0 aliphatic carbocycles. The molecule has 22 nitrogen and oxygen atoms in total. The van der Waals surface area contributed by atoms with E-state index in [1.165, 1.54) is 16.7 Å². The number of sulfonamides is 1. The molecule has 4 saturated heterocycles. The van der Waals surface area contributed by atoms with Gasteiger partial charge in [0.05, 0.1) is 30.0 Å². The van der Waals surface area contributed by atoms with Gasteiger partial charge in [0.25, 0.3) is 17.7 Å². The first-order chi connectivity index (χ1) is 61.3. The summed E-state index contributed by atoms with van der Waals surface area (Å²) in [5.41, 5.74) is 5.43. The number of hydrogen-bond donors (Lipinski definition) is 8. The molecule has 0 radical (unpaired) electrons. The van der Waals surface area contributed by atoms with Crippen molar-refractivity contribution in [3.05, 3.63) is 249 Å². The average molecular weight is 1810 g/mol. The topological polar surface area (TPSA) is 272 Å². The molecule has 9 aromatic carbocycles. The number of amides is 7. The number of nitrogens with one attached hydrogen (secondary N) is 8. The summed E-state index contributed by atoms with van der Waals surface area (Å²) in [5, 5.41) is 29.9. The first kappa shape index (κ1) is 98.1. The number of halogens is 3. The fourth-order valence-corrected chi connectivity index (χ4v) is 18.6. The summed E-state index contributed by atoms with van der Waals surface area (Å²) >= 11 is 18.3. The van der Waals surface area contributed by atoms with Crippen molar-refractivity contribution in [3.63, 3.8) is 0 Å². The smallest absolute Gasteiger partial charge is 0.407 e. The first-order valence-electron chi connectivity index (χ1n) is 45.6. The monoisotopic (exact) mass is 1810 g/mol. The minimum absolute atomic E-state index is 0.0116. The maximum atomic E-state index is 14.1. The van der Waals surface area contributed by atoms with Gasteiger partial charge in [0.15, 0.2) is 0 Å². The van der Waals surface area contributed by atoms with E-state index < -0.39 is 33.5 Å². The fourth-order valence-electron chi connectivity index (χ4n) is 17.3. The molecule has 0 spiro atoms. The minimum Gasteiger partial charge on any atom is -0.450 e. The van der Waals surface area contributed by atoms with E-state index in [0.29, 0.717) is 135 Å². The average Bonchev–Trinajstić information content (AvgIpc) is 1.73. The Morgan fingerprint density at radius 3 is 1.15 bits per heavy atom. The van der Waals surface area contributed by atoms with E-state index >= 15 is 0 Å². The molecule has 0 aromatic heterocycles. The highest BCUT2D eigenvalue weighted by Crippen LogP contribution is 2.32. The van der Waals surface area contributed by atoms with Gasteiger partial charge < -0.3 is 61.6 Å². The van der Waals surface area contributed by atoms with Gasteiger partial charge in [-0.25, -0.2) is 17.9 Å². The van der Waals surface area contributed by atoms with Gasteiger partial charge in [-0.15, -0.1) is 0 Å². The largest absolute Gasteiger partial charge is 0.450 e. The van der Waals surface area contributed by atoms with Crippen LogP contribution >= 0.6 is 34.8 Å². The number of carbonyl (C=O) groups is 7. The highest BCUT2D eigenvalue weighted by Gasteiger charge is 2.40. The van der Waals surface area contributed by atoms with Crippen molar-refractivity contribution < 1.29 is 46.7 Å². The maximum Gasteiger partial charge on any atom is 0.407 e. The van der Waals surface area contributed by atoms with E-state index in [4.69, 9.17) is 39.5 Å². The summed E-state index contributed by atoms with van der Waals surface area (Å²) in [6.45, 7) is 24.0. The molecule has 4 heterocycles. The Morgan fingerprint density at radius 1 is 0.433 bits per heavy atom. The summed E-state index contributed by atoms with van der Waals surface area (Å²) in [6.07, 6.45) is 8.94. The lowest BCUT2D eigenvalue weighted by Gasteiger charge is -2.39. The number of unbranched alkanes of at least 4 members (excludes halogenated alkanes) is 1. The van der Waals surface area contributed by atoms with Crippen LogP contribution in [-0.2, 0) is 29.1 Å². The summed E-state index contributed by atoms with van der Waals surface area (Å²) in [6, 6.07) is 63.5. The number of carbonyl (C=O) groups excluding carboxylic acids is 7. The molecule has 9 aromatic rings. The Balaban J connectivity index is 0.000000185. The molecule has 4 aliphatic heterocycles. The molecular weight excluding hydrogens is 1680 g/mol. The van der Waals surface area contributed by atoms with Crippen LogP contribution in [0.4, 0.5) is 4.79 Å². The van der Waals surface area contributed by atoms with Crippen LogP contribution < -0.4 is 41.9 Å². The second kappa shape index (κ2) is 48.8. The number of piperidine rings is 1. The lowest BCUT2D eigenvalue weighted by Crippen LogP contribution is -2.55. The summed E-state index contributed by atoms with van der Waals surface area (Å²) < 4.78 is 32.5. The predicted molar refractivity (Wildman–Crippen MR) is 513 cm³/mol. The Bertz CT molecular complexity index is 5230. The molecule has 2 unspecified atom stereocenters. The molecule has 127 heavy (non-hydrogen) atoms. The van der Waals surface area contributed by atoms with E-state index in [1.807, 2.05) is 150 Å². The van der Waals surface area contributed by atoms with Crippen LogP contribution in [0.5, 0.6) is 0 Å². The van der Waals surface area contributed by atoms with Crippen LogP contribution in [0.25, 0.3) is 32.3 Å². The Kier molecular flexibility index (Phi) is 37.6. The molecule has 7 amide bonds. The van der Waals surface area contributed by atoms with Crippen LogP contribution in [0.2, 0.25) is 15.1 Å². The van der Waals surface area contributed by atoms with Crippen molar-refractivity contribution in [2.24, 2.45) is 5.92 Å². The van der Waals surface area contributed by atoms with E-state index in [-0.39, 0.29) is 83.9 Å². The van der Waals surface area contributed by atoms with Crippen LogP contribution in [0.15, 0.2) is 200 Å². The molecule has 0 bridgehead atoms. The fraction of sp³-hybridized carbons (Fsp3) is 0.455. The highest BCUT2D eigenvalue weighted by atomic mass is 35.5. The third kappa shape index (κ3) is 28.7. The standard InChI is InChI=1S/C35H45ClN4O2.C34H43ClN4O4.C32H41ClN4O4S/c1-4-25(26-8-6-5-7-9-26)23-40-19-16-32(38-33(35(40)42)27-14-17-39(18-15-27)24(2)3)22-37-34(41)30-11-10-29-21-31(36)13-12-28(29)20-30;1-3-5-19-43-34(42)36-17-15-31-33(41)39(23-24(4-2)25-9-7-6-8-10-25)18-16-30(38-31)22-37-32(40)28-12-11-27-21-29(35)14-13-26(27)20-28;1-4-23(24-8-6-5-7-9-24)21-37-17-15-29(36-30(32(37)39)14-16-35-42(40,41)22(2)3)20-34-31(38)27-11-10-26-19-28(33)13-12-25(26)18-27/h5-13,20-21,24-25,27,32-33,38H,4,14-19,22-23H2,1-3H3,(H,37,41);6-14,20-21,24,30-31,38H,3-5,15-19,22-23H2,1-2H3,(H,36,42)(H,37,40);5-13,18-19,22-23,29-30,35-36H,4,14-17,20-21H2,1-3H3,(H,34,38)/t25-,32?,33?;24-,30+,31+;23-,29+,30+/m111/s1. The van der Waals surface area contributed by atoms with Gasteiger partial charge in [0, 0.05) is 146 Å². The normalized spacial score (nSPS) is 19.3. The van der Waals surface area contributed by atoms with Crippen molar-refractivity contribution >= 4 is 119 Å². The summed E-state index contributed by atoms with van der Waals surface area (Å²) in [7, 11) is -3.45. The molecule has 8 N–H and O–H groups in total. The second-order valence-electron chi connectivity index (χ2n) is 34.6. The van der Waals surface area contributed by atoms with Gasteiger partial charge in [-0.2, -0.15) is 0 Å². The van der Waals surface area contributed by atoms with Crippen LogP contribution in [0.1, 0.15) is 198 Å². The van der Waals surface area contributed by atoms with Crippen LogP contribution in [0, 0.1) is 5.92 Å². The quantitative estimate of drug-likeness (QED) is 0.0174. The van der Waals surface area contributed by atoms with Gasteiger partial charge in [0.1, 0.15) is 0 Å². The SMILES string of the molecule is CCCCOC(=O)NCC[C@@H]1N[C@H](CNC(=O)c2ccc3cc(Cl)ccc3c2)CCN(C[C@@H](CC)c2ccccc2)C1=O.CC[C@H](CN1CCC(CNC(=O)c2ccc3cc(Cl)ccc3c2)NC(C2CCN(C(C)C)CC2)C1=O)c1ccccc1.CC[C@H](CN1CC[C@@H](CNC(=O)c2ccc3cc(Cl)ccc3c2)N[C@@H](CCNS(=O)(=O)C(C)C)C1=O)c1ccccc1. The lowest BCUT2D eigenvalue weighted by atomic mass is 9.87. The van der Waals surface area contributed by atoms with Gasteiger partial charge in [0.2, 0.25) is 27.7 Å². The predicted octanol–water partition coefficient (Wildman–Crippen LogP) is 16.7. The lowest BCUT2D eigenvalue weighted by molar-refractivity contribution is -0.135. The van der Waals surface area contributed by atoms with Gasteiger partial charge in [-0.05, 0) is 239 Å². The number of hydrogen-bond acceptors (Lipinski definition) is 14. The third-order valence-electron chi connectivity index (χ3n) is 25.2. The molecule has 0 saturated carbocycles. The maximum absolute atomic E-state index is 14.1. The van der Waals surface area contributed by atoms with E-state index in [2.05, 4.69) is 135 Å². The van der Waals surface area contributed by atoms with E-state index in [1.54, 1.807) is 32.0 Å². The number of nitrogens with zero attached hydrogens (tertiary/aromatic N) is 4. The van der Waals surface area contributed by atoms with E-state index in [9.17, 15) is 42.0 Å². The first-order valence-corrected chi connectivity index (χ1v) is 48.3. The van der Waals surface area contributed by atoms with Gasteiger partial charge in [-0.1, -0.05) is 196 Å². The Hall–Kier alpha value is -9.53. The van der Waals surface area contributed by atoms with Crippen molar-refractivity contribution in [2.45, 2.75) is 198 Å². The zero-order valence-corrected chi connectivity index (χ0v) is 77.9. The number of fused-ring (bicyclic) bond motifs is 3. The molecule has 4 fully saturated rings. The summed E-state index contributed by atoms with van der Waals surface area (Å²) in [5.74, 6) is 0.714. The molecule has 26 heteroatoms. The molecule has 9 atom stereocenters. The van der Waals surface area contributed by atoms with Crippen molar-refractivity contribution in [3.8, 4) is 0 Å². The second-order valence-corrected chi connectivity index (χ2v) is 38.3. The summed E-state index contributed by atoms with van der Waals surface area (Å²) in [4.78, 5) is 102. The van der Waals surface area contributed by atoms with Gasteiger partial charge in [-0.3, -0.25) is 28.8 Å². The number of likely N-dealkylation sites (tertiary alicyclic amines) is 1. The molecule has 4 aliphatic rings. The van der Waals surface area contributed by atoms with Crippen LogP contribution in [0.3, 0.4) is 0 Å². The van der Waals surface area contributed by atoms with Crippen molar-refractivity contribution in [2.75, 3.05) is 91.7 Å². The van der Waals surface area contributed by atoms with E-state index in [0.717, 1.165) is 103 Å². The number of benzene rings is 9. The van der Waals surface area contributed by atoms with Crippen molar-refractivity contribution in [1.29, 1.82) is 0 Å². The zero-order chi connectivity index (χ0) is 90.5. The zero-order valence-electron chi connectivity index (χ0n) is 74.8. The highest BCUT2D eigenvalue weighted by molar-refractivity contribution is 7.90. The minimum atomic E-state index is -3.45. The number of alkyl carbamates (subject to hydrolysis) is 1. The van der Waals surface area contributed by atoms with Gasteiger partial charge >= 0.3 is 6.09 Å². The van der Waals surface area contributed by atoms with Crippen molar-refractivity contribution in [1.82, 2.24) is 61.5 Å². The Morgan fingerprint density at radius 2 is 0.787 bits per heavy atom.